The van der Waals surface area contributed by atoms with Crippen LogP contribution in [0.15, 0.2) is 23.8 Å². The molecule has 8 atom stereocenters. The van der Waals surface area contributed by atoms with Crippen molar-refractivity contribution in [2.24, 2.45) is 29.6 Å². The number of esters is 1. The van der Waals surface area contributed by atoms with Crippen molar-refractivity contribution in [1.29, 1.82) is 0 Å². The van der Waals surface area contributed by atoms with Gasteiger partial charge in [-0.3, -0.25) is 9.59 Å². The molecule has 3 aliphatic carbocycles. The van der Waals surface area contributed by atoms with Gasteiger partial charge in [-0.1, -0.05) is 65.2 Å². The summed E-state index contributed by atoms with van der Waals surface area (Å²) < 4.78 is 19.8. The Kier molecular flexibility index (Phi) is 14.0. The van der Waals surface area contributed by atoms with E-state index in [-0.39, 0.29) is 42.0 Å². The minimum absolute atomic E-state index is 0.0275. The van der Waals surface area contributed by atoms with Gasteiger partial charge in [0, 0.05) is 18.1 Å². The molecule has 3 aliphatic rings. The Morgan fingerprint density at radius 3 is 2.23 bits per heavy atom. The van der Waals surface area contributed by atoms with Gasteiger partial charge in [-0.2, -0.15) is 0 Å². The summed E-state index contributed by atoms with van der Waals surface area (Å²) in [5, 5.41) is 3.32. The fourth-order valence-corrected chi connectivity index (χ4v) is 9.86. The lowest BCUT2D eigenvalue weighted by Gasteiger charge is -2.43. The standard InChI is InChI=1S/C36H65NO5Si2/c1-11-26(3)36(39)40-33-22-25(2)21-28-18-17-27(4)32(35(28)33)20-19-30(41-43(5,6)7)23-31(42-44(8,9)10)24-34(38)37-29-15-13-12-14-16-29/h17-18,21,25-27,29-33,35H,11-16,19-20,22-24H2,1-10H3,(H,37,38)/t25-,26-,27-,30+,31+,32-,33-,35-/m0/s1. The van der Waals surface area contributed by atoms with Crippen LogP contribution < -0.4 is 5.32 Å². The first kappa shape index (κ1) is 37.2. The third kappa shape index (κ3) is 12.2. The van der Waals surface area contributed by atoms with Gasteiger partial charge in [0.25, 0.3) is 0 Å². The van der Waals surface area contributed by atoms with Crippen molar-refractivity contribution >= 4 is 28.5 Å². The highest BCUT2D eigenvalue weighted by molar-refractivity contribution is 6.70. The van der Waals surface area contributed by atoms with Gasteiger partial charge < -0.3 is 18.9 Å². The molecule has 3 rings (SSSR count). The van der Waals surface area contributed by atoms with Crippen LogP contribution in [-0.2, 0) is 23.2 Å². The quantitative estimate of drug-likeness (QED) is 0.142. The van der Waals surface area contributed by atoms with E-state index in [9.17, 15) is 9.59 Å². The molecular weight excluding hydrogens is 583 g/mol. The summed E-state index contributed by atoms with van der Waals surface area (Å²) >= 11 is 0. The molecule has 0 bridgehead atoms. The van der Waals surface area contributed by atoms with Gasteiger partial charge in [0.2, 0.25) is 5.91 Å². The van der Waals surface area contributed by atoms with E-state index in [4.69, 9.17) is 13.6 Å². The average molecular weight is 648 g/mol. The monoisotopic (exact) mass is 647 g/mol. The first-order chi connectivity index (χ1) is 20.5. The van der Waals surface area contributed by atoms with Crippen molar-refractivity contribution in [3.63, 3.8) is 0 Å². The number of rotatable bonds is 15. The van der Waals surface area contributed by atoms with Gasteiger partial charge >= 0.3 is 5.97 Å². The first-order valence-corrected chi connectivity index (χ1v) is 24.6. The fourth-order valence-electron chi connectivity index (χ4n) is 7.46. The number of fused-ring (bicyclic) bond motifs is 1. The minimum Gasteiger partial charge on any atom is -0.461 e. The first-order valence-electron chi connectivity index (χ1n) is 17.8. The second-order valence-electron chi connectivity index (χ2n) is 16.2. The van der Waals surface area contributed by atoms with Crippen molar-refractivity contribution in [3.05, 3.63) is 23.8 Å². The van der Waals surface area contributed by atoms with Crippen LogP contribution in [0.5, 0.6) is 0 Å². The molecule has 0 heterocycles. The molecule has 1 fully saturated rings. The molecule has 1 amide bonds. The predicted octanol–water partition coefficient (Wildman–Crippen LogP) is 8.80. The molecule has 0 spiro atoms. The number of ether oxygens (including phenoxy) is 1. The van der Waals surface area contributed by atoms with E-state index in [2.05, 4.69) is 76.7 Å². The van der Waals surface area contributed by atoms with E-state index in [1.54, 1.807) is 0 Å². The van der Waals surface area contributed by atoms with E-state index in [1.165, 1.54) is 24.8 Å². The van der Waals surface area contributed by atoms with Gasteiger partial charge in [-0.15, -0.1) is 0 Å². The van der Waals surface area contributed by atoms with Crippen molar-refractivity contribution in [1.82, 2.24) is 5.32 Å². The largest absolute Gasteiger partial charge is 0.461 e. The maximum absolute atomic E-state index is 13.2. The Balaban J connectivity index is 1.77. The summed E-state index contributed by atoms with van der Waals surface area (Å²) in [5.74, 6) is 1.33. The predicted molar refractivity (Wildman–Crippen MR) is 186 cm³/mol. The summed E-state index contributed by atoms with van der Waals surface area (Å²) in [5.41, 5.74) is 1.33. The normalized spacial score (nSPS) is 28.4. The zero-order valence-corrected chi connectivity index (χ0v) is 31.7. The summed E-state index contributed by atoms with van der Waals surface area (Å²) in [6.07, 6.45) is 17.4. The van der Waals surface area contributed by atoms with E-state index in [1.807, 2.05) is 13.8 Å². The van der Waals surface area contributed by atoms with Crippen LogP contribution in [0.25, 0.3) is 0 Å². The van der Waals surface area contributed by atoms with Crippen molar-refractivity contribution in [2.75, 3.05) is 0 Å². The molecule has 1 saturated carbocycles. The molecule has 6 nitrogen and oxygen atoms in total. The Hall–Kier alpha value is -1.23. The molecule has 0 saturated heterocycles. The van der Waals surface area contributed by atoms with Crippen LogP contribution in [0.3, 0.4) is 0 Å². The molecule has 44 heavy (non-hydrogen) atoms. The van der Waals surface area contributed by atoms with Gasteiger partial charge in [0.05, 0.1) is 18.4 Å². The molecule has 0 aromatic heterocycles. The third-order valence-electron chi connectivity index (χ3n) is 9.65. The van der Waals surface area contributed by atoms with Crippen LogP contribution in [-0.4, -0.2) is 52.9 Å². The molecule has 0 radical (unpaired) electrons. The van der Waals surface area contributed by atoms with Crippen LogP contribution >= 0.6 is 0 Å². The highest BCUT2D eigenvalue weighted by Gasteiger charge is 2.42. The second kappa shape index (κ2) is 16.6. The lowest BCUT2D eigenvalue weighted by atomic mass is 9.65. The van der Waals surface area contributed by atoms with E-state index < -0.39 is 16.6 Å². The Bertz CT molecular complexity index is 993. The van der Waals surface area contributed by atoms with Crippen LogP contribution in [0.4, 0.5) is 0 Å². The van der Waals surface area contributed by atoms with Gasteiger partial charge in [-0.05, 0) is 108 Å². The Morgan fingerprint density at radius 1 is 0.977 bits per heavy atom. The van der Waals surface area contributed by atoms with Crippen LogP contribution in [0.1, 0.15) is 98.3 Å². The second-order valence-corrected chi connectivity index (χ2v) is 25.1. The molecule has 252 valence electrons. The number of carbonyl (C=O) groups excluding carboxylic acids is 2. The maximum atomic E-state index is 13.2. The molecule has 1 N–H and O–H groups in total. The van der Waals surface area contributed by atoms with E-state index in [0.29, 0.717) is 30.2 Å². The molecular formula is C36H65NO5Si2. The number of amides is 1. The smallest absolute Gasteiger partial charge is 0.308 e. The van der Waals surface area contributed by atoms with Gasteiger partial charge in [0.15, 0.2) is 16.6 Å². The van der Waals surface area contributed by atoms with E-state index >= 15 is 0 Å². The lowest BCUT2D eigenvalue weighted by molar-refractivity contribution is -0.158. The third-order valence-corrected chi connectivity index (χ3v) is 11.7. The van der Waals surface area contributed by atoms with Crippen molar-refractivity contribution in [2.45, 2.75) is 162 Å². The molecule has 0 aliphatic heterocycles. The molecule has 0 unspecified atom stereocenters. The number of allylic oxidation sites excluding steroid dienone is 3. The number of hydrogen-bond donors (Lipinski definition) is 1. The van der Waals surface area contributed by atoms with Crippen LogP contribution in [0, 0.1) is 29.6 Å². The molecule has 0 aromatic carbocycles. The number of hydrogen-bond acceptors (Lipinski definition) is 5. The lowest BCUT2D eigenvalue weighted by Crippen LogP contribution is -2.43. The van der Waals surface area contributed by atoms with Crippen LogP contribution in [0.2, 0.25) is 39.3 Å². The molecule has 8 heteroatoms. The summed E-state index contributed by atoms with van der Waals surface area (Å²) in [6, 6.07) is 0.307. The van der Waals surface area contributed by atoms with Gasteiger partial charge in [-0.25, -0.2) is 0 Å². The van der Waals surface area contributed by atoms with E-state index in [0.717, 1.165) is 44.9 Å². The van der Waals surface area contributed by atoms with Crippen molar-refractivity contribution < 1.29 is 23.2 Å². The number of nitrogens with one attached hydrogen (secondary N) is 1. The minimum atomic E-state index is -1.89. The topological polar surface area (TPSA) is 73.9 Å². The Labute approximate surface area is 271 Å². The SMILES string of the molecule is CC[C@H](C)C(=O)O[C@H]1C[C@@H](C)C=C2C=C[C@H](C)[C@H](CC[C@H](C[C@H](CC(=O)NC3CCCCC3)O[Si](C)(C)C)O[Si](C)(C)C)[C@H]21. The summed E-state index contributed by atoms with van der Waals surface area (Å²) in [7, 11) is -3.75. The highest BCUT2D eigenvalue weighted by Crippen LogP contribution is 2.45. The Morgan fingerprint density at radius 2 is 1.61 bits per heavy atom. The summed E-state index contributed by atoms with van der Waals surface area (Å²) in [6.45, 7) is 22.0. The highest BCUT2D eigenvalue weighted by atomic mass is 28.4. The zero-order valence-electron chi connectivity index (χ0n) is 29.7. The van der Waals surface area contributed by atoms with Crippen molar-refractivity contribution in [3.8, 4) is 0 Å². The maximum Gasteiger partial charge on any atom is 0.308 e. The fraction of sp³-hybridized carbons (Fsp3) is 0.833. The summed E-state index contributed by atoms with van der Waals surface area (Å²) in [4.78, 5) is 26.2. The number of carbonyl (C=O) groups is 2. The van der Waals surface area contributed by atoms with Gasteiger partial charge in [0.1, 0.15) is 6.10 Å². The molecule has 0 aromatic rings. The average Bonchev–Trinajstić information content (AvgIpc) is 2.90. The zero-order chi connectivity index (χ0) is 32.7.